The number of nitrogens with one attached hydrogen (secondary N) is 1. The molecule has 4 aromatic rings. The van der Waals surface area contributed by atoms with Gasteiger partial charge in [0.1, 0.15) is 23.9 Å². The zero-order valence-electron chi connectivity index (χ0n) is 14.8. The molecule has 29 heavy (non-hydrogen) atoms. The molecule has 0 amide bonds. The fourth-order valence-electron chi connectivity index (χ4n) is 3.05. The summed E-state index contributed by atoms with van der Waals surface area (Å²) in [6.07, 6.45) is 0. The molecular weight excluding hydrogens is 374 g/mol. The summed E-state index contributed by atoms with van der Waals surface area (Å²) < 4.78 is 0.821. The number of H-pyrrole nitrogens is 1. The molecule has 142 valence electrons. The molecule has 0 saturated heterocycles. The molecule has 9 heteroatoms. The number of allylic oxidation sites excluding steroid dienone is 2. The Morgan fingerprint density at radius 2 is 1.79 bits per heavy atom. The predicted octanol–water partition coefficient (Wildman–Crippen LogP) is 2.46. The summed E-state index contributed by atoms with van der Waals surface area (Å²) in [7, 11) is 0. The summed E-state index contributed by atoms with van der Waals surface area (Å²) >= 11 is 0. The summed E-state index contributed by atoms with van der Waals surface area (Å²) in [5, 5.41) is 33.7. The summed E-state index contributed by atoms with van der Waals surface area (Å²) in [5.41, 5.74) is 0.212. The number of carbonyl (C=O) groups is 1. The quantitative estimate of drug-likeness (QED) is 0.360. The van der Waals surface area contributed by atoms with Gasteiger partial charge in [0.2, 0.25) is 0 Å². The number of aromatic nitrogens is 4. The Labute approximate surface area is 162 Å². The fraction of sp³-hybridized carbons (Fsp3) is 0.0500. The van der Waals surface area contributed by atoms with Crippen LogP contribution in [0.15, 0.2) is 59.1 Å². The Balaban J connectivity index is 1.84. The molecular formula is C20H13N5O4. The largest absolute Gasteiger partial charge is 0.509 e. The maximum atomic E-state index is 12.7. The number of nitriles is 1. The second kappa shape index (κ2) is 6.94. The average molecular weight is 387 g/mol. The van der Waals surface area contributed by atoms with Crippen molar-refractivity contribution in [3.8, 4) is 6.07 Å². The Morgan fingerprint density at radius 3 is 2.48 bits per heavy atom. The first-order valence-electron chi connectivity index (χ1n) is 8.50. The van der Waals surface area contributed by atoms with Gasteiger partial charge in [-0.1, -0.05) is 30.3 Å². The van der Waals surface area contributed by atoms with Crippen LogP contribution in [0, 0.1) is 11.3 Å². The van der Waals surface area contributed by atoms with E-state index in [0.717, 1.165) is 4.68 Å². The molecule has 0 atom stereocenters. The van der Waals surface area contributed by atoms with Crippen LogP contribution in [0.4, 0.5) is 0 Å². The Bertz CT molecular complexity index is 1370. The molecule has 0 fully saturated rings. The number of aliphatic hydroxyl groups is 1. The highest BCUT2D eigenvalue weighted by molar-refractivity contribution is 6.01. The van der Waals surface area contributed by atoms with E-state index < -0.39 is 23.8 Å². The van der Waals surface area contributed by atoms with E-state index in [1.807, 2.05) is 6.07 Å². The van der Waals surface area contributed by atoms with Gasteiger partial charge in [0.05, 0.1) is 16.4 Å². The van der Waals surface area contributed by atoms with Crippen molar-refractivity contribution in [3.63, 3.8) is 0 Å². The van der Waals surface area contributed by atoms with Crippen LogP contribution in [-0.2, 0) is 6.54 Å². The number of fused-ring (bicyclic) bond motifs is 2. The maximum Gasteiger partial charge on any atom is 0.357 e. The molecule has 0 spiro atoms. The minimum atomic E-state index is -1.31. The number of nitrogens with zero attached hydrogens (tertiary/aromatic N) is 4. The number of hydrogen-bond acceptors (Lipinski definition) is 6. The van der Waals surface area contributed by atoms with E-state index in [1.54, 1.807) is 36.4 Å². The van der Waals surface area contributed by atoms with Crippen molar-refractivity contribution in [3.05, 3.63) is 76.2 Å². The highest BCUT2D eigenvalue weighted by Gasteiger charge is 2.18. The van der Waals surface area contributed by atoms with E-state index >= 15 is 0 Å². The number of imidazole rings is 1. The lowest BCUT2D eigenvalue weighted by Gasteiger charge is -2.09. The molecule has 0 aliphatic rings. The first-order valence-corrected chi connectivity index (χ1v) is 8.50. The van der Waals surface area contributed by atoms with Crippen molar-refractivity contribution >= 4 is 33.3 Å². The number of carboxylic acid groups (broad SMARTS) is 1. The second-order valence-electron chi connectivity index (χ2n) is 6.20. The van der Waals surface area contributed by atoms with Crippen LogP contribution >= 0.6 is 0 Å². The summed E-state index contributed by atoms with van der Waals surface area (Å²) in [6, 6.07) is 15.1. The van der Waals surface area contributed by atoms with Gasteiger partial charge in [-0.15, -0.1) is 0 Å². The minimum Gasteiger partial charge on any atom is -0.509 e. The van der Waals surface area contributed by atoms with Gasteiger partial charge >= 0.3 is 5.97 Å². The minimum absolute atomic E-state index is 0.137. The van der Waals surface area contributed by atoms with Crippen molar-refractivity contribution in [1.82, 2.24) is 19.7 Å². The van der Waals surface area contributed by atoms with E-state index in [4.69, 9.17) is 0 Å². The Kier molecular flexibility index (Phi) is 4.29. The second-order valence-corrected chi connectivity index (χ2v) is 6.20. The van der Waals surface area contributed by atoms with Crippen LogP contribution in [0.2, 0.25) is 0 Å². The molecule has 4 rings (SSSR count). The third-order valence-corrected chi connectivity index (χ3v) is 4.40. The smallest absolute Gasteiger partial charge is 0.357 e. The van der Waals surface area contributed by atoms with Gasteiger partial charge in [-0.25, -0.2) is 14.5 Å². The number of benzene rings is 2. The maximum absolute atomic E-state index is 12.7. The molecule has 2 heterocycles. The summed E-state index contributed by atoms with van der Waals surface area (Å²) in [5.74, 6) is -1.64. The van der Waals surface area contributed by atoms with Crippen LogP contribution in [-0.4, -0.2) is 35.9 Å². The molecule has 0 saturated carbocycles. The van der Waals surface area contributed by atoms with E-state index in [0.29, 0.717) is 11.0 Å². The lowest BCUT2D eigenvalue weighted by molar-refractivity contribution is 0.0689. The monoisotopic (exact) mass is 387 g/mol. The lowest BCUT2D eigenvalue weighted by atomic mass is 10.1. The van der Waals surface area contributed by atoms with E-state index in [1.165, 1.54) is 12.1 Å². The van der Waals surface area contributed by atoms with Crippen molar-refractivity contribution < 1.29 is 15.0 Å². The van der Waals surface area contributed by atoms with Crippen LogP contribution in [0.25, 0.3) is 27.4 Å². The lowest BCUT2D eigenvalue weighted by Crippen LogP contribution is -2.27. The van der Waals surface area contributed by atoms with Crippen molar-refractivity contribution in [2.75, 3.05) is 0 Å². The number of hydrogen-bond donors (Lipinski definition) is 3. The Morgan fingerprint density at radius 1 is 1.10 bits per heavy atom. The molecule has 0 bridgehead atoms. The third-order valence-electron chi connectivity index (χ3n) is 4.40. The fourth-order valence-corrected chi connectivity index (χ4v) is 3.05. The number of aromatic amines is 1. The molecule has 2 aromatic heterocycles. The van der Waals surface area contributed by atoms with Gasteiger partial charge in [-0.2, -0.15) is 10.4 Å². The van der Waals surface area contributed by atoms with Crippen LogP contribution in [0.1, 0.15) is 16.3 Å². The molecule has 0 unspecified atom stereocenters. The topological polar surface area (TPSA) is 145 Å². The summed E-state index contributed by atoms with van der Waals surface area (Å²) in [4.78, 5) is 31.5. The Hall–Kier alpha value is -4.45. The number of aromatic carboxylic acids is 1. The third kappa shape index (κ3) is 3.08. The number of aliphatic hydroxyl groups excluding tert-OH is 1. The molecule has 9 nitrogen and oxygen atoms in total. The van der Waals surface area contributed by atoms with Crippen LogP contribution in [0.3, 0.4) is 0 Å². The van der Waals surface area contributed by atoms with E-state index in [2.05, 4.69) is 15.1 Å². The van der Waals surface area contributed by atoms with Gasteiger partial charge in [-0.3, -0.25) is 4.79 Å². The van der Waals surface area contributed by atoms with Gasteiger partial charge in [0.15, 0.2) is 11.5 Å². The first kappa shape index (κ1) is 17.9. The van der Waals surface area contributed by atoms with Gasteiger partial charge in [-0.05, 0) is 18.2 Å². The molecule has 0 radical (unpaired) electrons. The zero-order valence-corrected chi connectivity index (χ0v) is 14.8. The first-order chi connectivity index (χ1) is 14.0. The van der Waals surface area contributed by atoms with Crippen molar-refractivity contribution in [2.24, 2.45) is 0 Å². The number of para-hydroxylation sites is 2. The predicted molar refractivity (Wildman–Crippen MR) is 104 cm³/mol. The van der Waals surface area contributed by atoms with Gasteiger partial charge < -0.3 is 15.2 Å². The van der Waals surface area contributed by atoms with E-state index in [9.17, 15) is 25.1 Å². The molecule has 0 aliphatic carbocycles. The highest BCUT2D eigenvalue weighted by Crippen LogP contribution is 2.20. The van der Waals surface area contributed by atoms with Crippen molar-refractivity contribution in [2.45, 2.75) is 6.54 Å². The molecule has 0 aliphatic heterocycles. The van der Waals surface area contributed by atoms with Crippen molar-refractivity contribution in [1.29, 1.82) is 5.26 Å². The number of carboxylic acids is 1. The molecule has 2 aromatic carbocycles. The van der Waals surface area contributed by atoms with Gasteiger partial charge in [0, 0.05) is 5.39 Å². The average Bonchev–Trinajstić information content (AvgIpc) is 3.14. The van der Waals surface area contributed by atoms with Crippen LogP contribution < -0.4 is 5.56 Å². The number of rotatable bonds is 4. The van der Waals surface area contributed by atoms with E-state index in [-0.39, 0.29) is 27.9 Å². The summed E-state index contributed by atoms with van der Waals surface area (Å²) in [6.45, 7) is -0.482. The SMILES string of the molecule is N#C/C(=C(/O)Cn1nc(C(=O)O)c2ccccc2c1=O)c1nc2ccccc2[nH]1. The van der Waals surface area contributed by atoms with Gasteiger partial charge in [0.25, 0.3) is 5.56 Å². The molecule has 3 N–H and O–H groups in total. The zero-order chi connectivity index (χ0) is 20.5. The standard InChI is InChI=1S/C20H13N5O4/c21-9-13(18-22-14-7-3-4-8-15(14)23-18)16(26)10-25-19(27)12-6-2-1-5-11(12)17(24-25)20(28)29/h1-8,26H,10H2,(H,22,23)(H,28,29)/b16-13-. The van der Waals surface area contributed by atoms with Crippen LogP contribution in [0.5, 0.6) is 0 Å². The normalized spacial score (nSPS) is 12.0. The highest BCUT2D eigenvalue weighted by atomic mass is 16.4.